The second kappa shape index (κ2) is 6.55. The molecule has 1 aliphatic carbocycles. The summed E-state index contributed by atoms with van der Waals surface area (Å²) in [6.07, 6.45) is 0.954. The van der Waals surface area contributed by atoms with Crippen LogP contribution in [0.15, 0.2) is 57.5 Å². The van der Waals surface area contributed by atoms with E-state index in [9.17, 15) is 4.79 Å². The number of carbonyl (C=O) groups excluding carboxylic acids is 1. The first-order chi connectivity index (χ1) is 10.6. The molecule has 0 heterocycles. The lowest BCUT2D eigenvalue weighted by atomic mass is 10.1. The van der Waals surface area contributed by atoms with Gasteiger partial charge in [0.1, 0.15) is 0 Å². The molecule has 0 aromatic heterocycles. The van der Waals surface area contributed by atoms with Crippen molar-refractivity contribution in [3.8, 4) is 0 Å². The average Bonchev–Trinajstić information content (AvgIpc) is 3.29. The third-order valence-corrected chi connectivity index (χ3v) is 5.39. The first-order valence-corrected chi connectivity index (χ1v) is 8.88. The van der Waals surface area contributed by atoms with E-state index in [1.165, 1.54) is 5.56 Å². The maximum atomic E-state index is 12.6. The summed E-state index contributed by atoms with van der Waals surface area (Å²) >= 11 is 7.04. The van der Waals surface area contributed by atoms with Gasteiger partial charge in [-0.05, 0) is 41.7 Å². The third-order valence-electron chi connectivity index (χ3n) is 4.13. The van der Waals surface area contributed by atoms with Gasteiger partial charge in [-0.1, -0.05) is 62.2 Å². The normalized spacial score (nSPS) is 19.8. The van der Waals surface area contributed by atoms with E-state index >= 15 is 0 Å². The predicted molar refractivity (Wildman–Crippen MR) is 95.6 cm³/mol. The summed E-state index contributed by atoms with van der Waals surface area (Å²) < 4.78 is 2.12. The highest BCUT2D eigenvalue weighted by Gasteiger charge is 2.45. The van der Waals surface area contributed by atoms with Gasteiger partial charge in [-0.25, -0.2) is 0 Å². The Hall–Kier alpha value is -1.13. The Kier molecular flexibility index (Phi) is 4.69. The number of nitrogens with zero attached hydrogens (tertiary/aromatic N) is 1. The van der Waals surface area contributed by atoms with E-state index < -0.39 is 0 Å². The second-order valence-electron chi connectivity index (χ2n) is 5.79. The number of benzene rings is 2. The average molecular weight is 423 g/mol. The number of rotatable bonds is 4. The topological polar surface area (TPSA) is 20.3 Å². The van der Waals surface area contributed by atoms with Crippen molar-refractivity contribution in [2.24, 2.45) is 5.92 Å². The van der Waals surface area contributed by atoms with Crippen molar-refractivity contribution in [3.05, 3.63) is 68.6 Å². The molecule has 2 aromatic carbocycles. The molecule has 1 aliphatic rings. The molecule has 4 heteroatoms. The molecule has 2 nitrogen and oxygen atoms in total. The molecule has 2 aromatic rings. The molecular formula is C18H17Br2NO. The summed E-state index contributed by atoms with van der Waals surface area (Å²) in [6.45, 7) is 0.641. The minimum atomic E-state index is 0.127. The summed E-state index contributed by atoms with van der Waals surface area (Å²) in [4.78, 5) is 14.4. The van der Waals surface area contributed by atoms with Crippen LogP contribution in [0.2, 0.25) is 0 Å². The smallest absolute Gasteiger partial charge is 0.226 e. The van der Waals surface area contributed by atoms with Gasteiger partial charge < -0.3 is 4.90 Å². The molecule has 2 atom stereocenters. The highest BCUT2D eigenvalue weighted by molar-refractivity contribution is 9.10. The summed E-state index contributed by atoms with van der Waals surface area (Å²) in [7, 11) is 1.89. The van der Waals surface area contributed by atoms with Gasteiger partial charge in [0.05, 0.1) is 0 Å². The second-order valence-corrected chi connectivity index (χ2v) is 7.56. The van der Waals surface area contributed by atoms with Crippen molar-refractivity contribution in [2.75, 3.05) is 7.05 Å². The van der Waals surface area contributed by atoms with Gasteiger partial charge in [-0.15, -0.1) is 0 Å². The van der Waals surface area contributed by atoms with Crippen LogP contribution in [0.1, 0.15) is 23.5 Å². The van der Waals surface area contributed by atoms with E-state index in [2.05, 4.69) is 44.0 Å². The molecule has 1 amide bonds. The fraction of sp³-hybridized carbons (Fsp3) is 0.278. The molecule has 0 aliphatic heterocycles. The molecule has 3 rings (SSSR count). The standard InChI is InChI=1S/C18H17Br2NO/c1-21(11-13-5-2-3-8-17(13)20)18(22)16-10-15(16)12-6-4-7-14(19)9-12/h2-9,15-16H,10-11H2,1H3. The summed E-state index contributed by atoms with van der Waals surface area (Å²) in [5.74, 6) is 0.731. The molecule has 0 saturated heterocycles. The van der Waals surface area contributed by atoms with Crippen LogP contribution in [0, 0.1) is 5.92 Å². The first kappa shape index (κ1) is 15.8. The van der Waals surface area contributed by atoms with Crippen LogP contribution in [-0.4, -0.2) is 17.9 Å². The van der Waals surface area contributed by atoms with E-state index in [1.807, 2.05) is 48.3 Å². The third kappa shape index (κ3) is 3.44. The SMILES string of the molecule is CN(Cc1ccccc1Br)C(=O)C1CC1c1cccc(Br)c1. The van der Waals surface area contributed by atoms with Crippen LogP contribution in [0.3, 0.4) is 0 Å². The molecule has 2 unspecified atom stereocenters. The number of halogens is 2. The number of amides is 1. The molecule has 0 bridgehead atoms. The maximum Gasteiger partial charge on any atom is 0.226 e. The Morgan fingerprint density at radius 1 is 1.18 bits per heavy atom. The van der Waals surface area contributed by atoms with E-state index in [0.29, 0.717) is 12.5 Å². The number of hydrogen-bond donors (Lipinski definition) is 0. The van der Waals surface area contributed by atoms with Gasteiger partial charge in [0.25, 0.3) is 0 Å². The van der Waals surface area contributed by atoms with Crippen LogP contribution in [0.5, 0.6) is 0 Å². The van der Waals surface area contributed by atoms with Gasteiger partial charge in [0, 0.05) is 28.5 Å². The van der Waals surface area contributed by atoms with Crippen LogP contribution >= 0.6 is 31.9 Å². The first-order valence-electron chi connectivity index (χ1n) is 7.30. The lowest BCUT2D eigenvalue weighted by Crippen LogP contribution is -2.28. The number of carbonyl (C=O) groups is 1. The van der Waals surface area contributed by atoms with E-state index in [4.69, 9.17) is 0 Å². The molecule has 1 saturated carbocycles. The highest BCUT2D eigenvalue weighted by atomic mass is 79.9. The van der Waals surface area contributed by atoms with Crippen molar-refractivity contribution < 1.29 is 4.79 Å². The Morgan fingerprint density at radius 2 is 1.95 bits per heavy atom. The van der Waals surface area contributed by atoms with E-state index in [0.717, 1.165) is 20.9 Å². The monoisotopic (exact) mass is 421 g/mol. The van der Waals surface area contributed by atoms with E-state index in [1.54, 1.807) is 0 Å². The van der Waals surface area contributed by atoms with Crippen LogP contribution in [0.25, 0.3) is 0 Å². The Morgan fingerprint density at radius 3 is 2.68 bits per heavy atom. The maximum absolute atomic E-state index is 12.6. The Balaban J connectivity index is 1.64. The molecule has 22 heavy (non-hydrogen) atoms. The Labute approximate surface area is 147 Å². The molecule has 0 spiro atoms. The quantitative estimate of drug-likeness (QED) is 0.680. The molecule has 114 valence electrons. The van der Waals surface area contributed by atoms with Crippen LogP contribution < -0.4 is 0 Å². The zero-order valence-corrected chi connectivity index (χ0v) is 15.5. The zero-order valence-electron chi connectivity index (χ0n) is 12.3. The summed E-state index contributed by atoms with van der Waals surface area (Å²) in [5.41, 5.74) is 2.39. The minimum Gasteiger partial charge on any atom is -0.341 e. The fourth-order valence-corrected chi connectivity index (χ4v) is 3.64. The van der Waals surface area contributed by atoms with Crippen molar-refractivity contribution in [1.82, 2.24) is 4.90 Å². The molecule has 0 N–H and O–H groups in total. The zero-order chi connectivity index (χ0) is 15.7. The summed E-state index contributed by atoms with van der Waals surface area (Å²) in [6, 6.07) is 16.3. The lowest BCUT2D eigenvalue weighted by Gasteiger charge is -2.18. The molecule has 1 fully saturated rings. The minimum absolute atomic E-state index is 0.127. The van der Waals surface area contributed by atoms with Crippen molar-refractivity contribution in [1.29, 1.82) is 0 Å². The lowest BCUT2D eigenvalue weighted by molar-refractivity contribution is -0.131. The van der Waals surface area contributed by atoms with Gasteiger partial charge in [-0.3, -0.25) is 4.79 Å². The van der Waals surface area contributed by atoms with E-state index in [-0.39, 0.29) is 11.8 Å². The predicted octanol–water partition coefficient (Wildman–Crippen LogP) is 4.97. The van der Waals surface area contributed by atoms with Crippen molar-refractivity contribution >= 4 is 37.8 Å². The van der Waals surface area contributed by atoms with Gasteiger partial charge in [0.2, 0.25) is 5.91 Å². The van der Waals surface area contributed by atoms with Crippen molar-refractivity contribution in [3.63, 3.8) is 0 Å². The largest absolute Gasteiger partial charge is 0.341 e. The fourth-order valence-electron chi connectivity index (χ4n) is 2.82. The molecular weight excluding hydrogens is 406 g/mol. The van der Waals surface area contributed by atoms with Gasteiger partial charge in [-0.2, -0.15) is 0 Å². The highest BCUT2D eigenvalue weighted by Crippen LogP contribution is 2.48. The molecule has 0 radical (unpaired) electrons. The van der Waals surface area contributed by atoms with Gasteiger partial charge in [0.15, 0.2) is 0 Å². The number of hydrogen-bond acceptors (Lipinski definition) is 1. The van der Waals surface area contributed by atoms with Crippen LogP contribution in [-0.2, 0) is 11.3 Å². The van der Waals surface area contributed by atoms with Gasteiger partial charge >= 0.3 is 0 Å². The Bertz CT molecular complexity index is 701. The summed E-state index contributed by atoms with van der Waals surface area (Å²) in [5, 5.41) is 0. The van der Waals surface area contributed by atoms with Crippen molar-refractivity contribution in [2.45, 2.75) is 18.9 Å². The van der Waals surface area contributed by atoms with Crippen LogP contribution in [0.4, 0.5) is 0 Å².